The van der Waals surface area contributed by atoms with Gasteiger partial charge in [-0.3, -0.25) is 19.7 Å². The quantitative estimate of drug-likeness (QED) is 0.140. The van der Waals surface area contributed by atoms with Gasteiger partial charge in [0.15, 0.2) is 23.1 Å². The fourth-order valence-electron chi connectivity index (χ4n) is 7.33. The molecule has 2 aromatic carbocycles. The van der Waals surface area contributed by atoms with Crippen molar-refractivity contribution in [3.05, 3.63) is 98.4 Å². The molecule has 0 N–H and O–H groups in total. The summed E-state index contributed by atoms with van der Waals surface area (Å²) in [6, 6.07) is 10.3. The summed E-state index contributed by atoms with van der Waals surface area (Å²) in [5.74, 6) is 0.803. The van der Waals surface area contributed by atoms with Gasteiger partial charge in [-0.25, -0.2) is 0 Å². The summed E-state index contributed by atoms with van der Waals surface area (Å²) in [4.78, 5) is 41.3. The number of hydrogen-bond acceptors (Lipinski definition) is 7. The lowest BCUT2D eigenvalue weighted by Gasteiger charge is -2.49. The van der Waals surface area contributed by atoms with Crippen molar-refractivity contribution >= 4 is 17.3 Å². The van der Waals surface area contributed by atoms with Gasteiger partial charge in [0, 0.05) is 65.5 Å². The Hall–Kier alpha value is -4.20. The van der Waals surface area contributed by atoms with E-state index in [1.807, 2.05) is 19.1 Å². The fraction of sp³-hybridized carbons (Fsp3) is 0.474. The molecule has 46 heavy (non-hydrogen) atoms. The van der Waals surface area contributed by atoms with Crippen molar-refractivity contribution in [1.82, 2.24) is 4.90 Å². The van der Waals surface area contributed by atoms with E-state index in [1.54, 1.807) is 18.2 Å². The summed E-state index contributed by atoms with van der Waals surface area (Å²) in [5.41, 5.74) is 5.71. The molecule has 0 atom stereocenters. The normalized spacial score (nSPS) is 19.1. The first-order valence-corrected chi connectivity index (χ1v) is 16.4. The highest BCUT2D eigenvalue weighted by molar-refractivity contribution is 6.06. The molecule has 5 rings (SSSR count). The van der Waals surface area contributed by atoms with E-state index in [0.717, 1.165) is 65.0 Å². The van der Waals surface area contributed by atoms with Crippen molar-refractivity contribution in [1.29, 1.82) is 0 Å². The molecule has 244 valence electrons. The maximum absolute atomic E-state index is 14.2. The predicted octanol–water partition coefficient (Wildman–Crippen LogP) is 8.40. The molecule has 0 bridgehead atoms. The minimum Gasteiger partial charge on any atom is -0.490 e. The third-order valence-corrected chi connectivity index (χ3v) is 9.15. The Balaban J connectivity index is 1.67. The molecule has 0 spiro atoms. The Kier molecular flexibility index (Phi) is 9.30. The number of Topliss-reactive ketones (excluding diaryl/α,β-unsaturated/α-hetero) is 2. The molecule has 3 aliphatic rings. The van der Waals surface area contributed by atoms with E-state index < -0.39 is 10.8 Å². The Morgan fingerprint density at radius 1 is 0.935 bits per heavy atom. The first-order valence-electron chi connectivity index (χ1n) is 16.4. The maximum atomic E-state index is 14.2. The Bertz CT molecular complexity index is 1570. The Morgan fingerprint density at radius 2 is 1.52 bits per heavy atom. The van der Waals surface area contributed by atoms with Crippen LogP contribution in [0.1, 0.15) is 96.3 Å². The number of ether oxygens (including phenoxy) is 2. The molecule has 0 saturated carbocycles. The molecule has 0 saturated heterocycles. The molecule has 8 heteroatoms. The first-order chi connectivity index (χ1) is 21.8. The summed E-state index contributed by atoms with van der Waals surface area (Å²) >= 11 is 0. The summed E-state index contributed by atoms with van der Waals surface area (Å²) in [5, 5.41) is 11.1. The topological polar surface area (TPSA) is 99.0 Å². The number of hydrogen-bond donors (Lipinski definition) is 0. The monoisotopic (exact) mass is 626 g/mol. The van der Waals surface area contributed by atoms with Gasteiger partial charge in [-0.05, 0) is 72.8 Å². The number of nitro benzene ring substituents is 1. The number of nitro groups is 1. The highest BCUT2D eigenvalue weighted by Crippen LogP contribution is 2.55. The molecule has 0 unspecified atom stereocenters. The van der Waals surface area contributed by atoms with E-state index in [-0.39, 0.29) is 34.7 Å². The number of allylic oxidation sites excluding steroid dienone is 5. The van der Waals surface area contributed by atoms with Gasteiger partial charge in [-0.2, -0.15) is 0 Å². The Morgan fingerprint density at radius 3 is 2.02 bits per heavy atom. The first kappa shape index (κ1) is 33.2. The third kappa shape index (κ3) is 6.53. The second-order valence-corrected chi connectivity index (χ2v) is 14.3. The van der Waals surface area contributed by atoms with Gasteiger partial charge in [0.1, 0.15) is 6.61 Å². The van der Waals surface area contributed by atoms with Gasteiger partial charge in [0.25, 0.3) is 5.69 Å². The van der Waals surface area contributed by atoms with Crippen molar-refractivity contribution in [2.75, 3.05) is 13.2 Å². The average molecular weight is 627 g/mol. The van der Waals surface area contributed by atoms with Crippen molar-refractivity contribution in [3.63, 3.8) is 0 Å². The summed E-state index contributed by atoms with van der Waals surface area (Å²) in [6.07, 6.45) is 5.58. The molecule has 2 aliphatic carbocycles. The van der Waals surface area contributed by atoms with Gasteiger partial charge in [0.2, 0.25) is 0 Å². The maximum Gasteiger partial charge on any atom is 0.269 e. The van der Waals surface area contributed by atoms with Crippen LogP contribution in [-0.4, -0.2) is 34.5 Å². The minimum absolute atomic E-state index is 0.0177. The second-order valence-electron chi connectivity index (χ2n) is 14.3. The van der Waals surface area contributed by atoms with Crippen molar-refractivity contribution in [3.8, 4) is 11.5 Å². The zero-order valence-electron chi connectivity index (χ0n) is 28.0. The van der Waals surface area contributed by atoms with Crippen LogP contribution in [0, 0.1) is 20.9 Å². The van der Waals surface area contributed by atoms with E-state index in [2.05, 4.69) is 46.1 Å². The van der Waals surface area contributed by atoms with E-state index >= 15 is 0 Å². The standard InChI is InChI=1S/C38H46N2O6/c1-8-11-25-17-26(18-32(45-10-3)36(25)46-23-24-12-14-27(15-13-24)40(43)44)33-34-28(19-37(4,5)21-30(34)41)39(16-9-2)29-20-38(6,7)22-31(42)35(29)33/h8,12-15,17-18,33H,1,9-11,16,19-23H2,2-7H3. The van der Waals surface area contributed by atoms with Crippen LogP contribution >= 0.6 is 0 Å². The number of non-ortho nitro benzene ring substituents is 1. The fourth-order valence-corrected chi connectivity index (χ4v) is 7.33. The number of rotatable bonds is 11. The van der Waals surface area contributed by atoms with Gasteiger partial charge in [-0.15, -0.1) is 6.58 Å². The second kappa shape index (κ2) is 12.9. The van der Waals surface area contributed by atoms with E-state index in [9.17, 15) is 19.7 Å². The Labute approximate surface area is 272 Å². The van der Waals surface area contributed by atoms with Crippen LogP contribution < -0.4 is 9.47 Å². The van der Waals surface area contributed by atoms with E-state index in [0.29, 0.717) is 37.4 Å². The van der Waals surface area contributed by atoms with Crippen LogP contribution in [-0.2, 0) is 22.6 Å². The lowest BCUT2D eigenvalue weighted by atomic mass is 9.63. The smallest absolute Gasteiger partial charge is 0.269 e. The molecule has 1 heterocycles. The van der Waals surface area contributed by atoms with Crippen LogP contribution in [0.15, 0.2) is 71.6 Å². The minimum atomic E-state index is -0.489. The van der Waals surface area contributed by atoms with Crippen LogP contribution in [0.2, 0.25) is 0 Å². The largest absolute Gasteiger partial charge is 0.490 e. The molecule has 8 nitrogen and oxygen atoms in total. The summed E-state index contributed by atoms with van der Waals surface area (Å²) in [6.45, 7) is 18.0. The highest BCUT2D eigenvalue weighted by atomic mass is 16.6. The van der Waals surface area contributed by atoms with Crippen molar-refractivity contribution < 1.29 is 24.0 Å². The zero-order chi connectivity index (χ0) is 33.4. The van der Waals surface area contributed by atoms with Crippen LogP contribution in [0.3, 0.4) is 0 Å². The van der Waals surface area contributed by atoms with Gasteiger partial charge < -0.3 is 14.4 Å². The molecule has 0 radical (unpaired) electrons. The number of benzene rings is 2. The number of carbonyl (C=O) groups is 2. The molecule has 0 aromatic heterocycles. The molecule has 0 amide bonds. The average Bonchev–Trinajstić information content (AvgIpc) is 2.96. The van der Waals surface area contributed by atoms with E-state index in [4.69, 9.17) is 9.47 Å². The highest BCUT2D eigenvalue weighted by Gasteiger charge is 2.49. The zero-order valence-corrected chi connectivity index (χ0v) is 28.0. The van der Waals surface area contributed by atoms with Crippen LogP contribution in [0.25, 0.3) is 0 Å². The van der Waals surface area contributed by atoms with Crippen molar-refractivity contribution in [2.24, 2.45) is 10.8 Å². The van der Waals surface area contributed by atoms with Gasteiger partial charge in [-0.1, -0.05) is 46.8 Å². The predicted molar refractivity (Wildman–Crippen MR) is 179 cm³/mol. The number of nitrogens with zero attached hydrogens (tertiary/aromatic N) is 2. The molecular formula is C38H46N2O6. The van der Waals surface area contributed by atoms with Crippen LogP contribution in [0.5, 0.6) is 11.5 Å². The van der Waals surface area contributed by atoms with Gasteiger partial charge in [0.05, 0.1) is 11.5 Å². The molecule has 1 aliphatic heterocycles. The lowest BCUT2D eigenvalue weighted by molar-refractivity contribution is -0.384. The SMILES string of the molecule is C=CCc1cc(C2C3=C(CC(C)(C)CC3=O)N(CCC)C3=C2C(=O)CC(C)(C)C3)cc(OCC)c1OCc1ccc([N+](=O)[O-])cc1. The van der Waals surface area contributed by atoms with Gasteiger partial charge >= 0.3 is 0 Å². The molecular weight excluding hydrogens is 580 g/mol. The number of ketones is 2. The van der Waals surface area contributed by atoms with Crippen molar-refractivity contribution in [2.45, 2.75) is 92.6 Å². The third-order valence-electron chi connectivity index (χ3n) is 9.15. The number of carbonyl (C=O) groups excluding carboxylic acids is 2. The molecule has 0 fully saturated rings. The lowest BCUT2D eigenvalue weighted by Crippen LogP contribution is -2.44. The van der Waals surface area contributed by atoms with E-state index in [1.165, 1.54) is 12.1 Å². The molecule has 2 aromatic rings. The summed E-state index contributed by atoms with van der Waals surface area (Å²) < 4.78 is 12.5. The summed E-state index contributed by atoms with van der Waals surface area (Å²) in [7, 11) is 0. The van der Waals surface area contributed by atoms with Crippen LogP contribution in [0.4, 0.5) is 5.69 Å².